The summed E-state index contributed by atoms with van der Waals surface area (Å²) >= 11 is 1.83. The van der Waals surface area contributed by atoms with E-state index >= 15 is 0 Å². The van der Waals surface area contributed by atoms with Crippen molar-refractivity contribution >= 4 is 11.3 Å². The van der Waals surface area contributed by atoms with Crippen LogP contribution in [0.25, 0.3) is 0 Å². The van der Waals surface area contributed by atoms with Gasteiger partial charge in [-0.2, -0.15) is 0 Å². The van der Waals surface area contributed by atoms with Gasteiger partial charge in [-0.1, -0.05) is 6.07 Å². The van der Waals surface area contributed by atoms with Crippen molar-refractivity contribution in [3.05, 3.63) is 22.4 Å². The SMILES string of the molecule is CCOCCC(Cc1cccs1)NC. The largest absolute Gasteiger partial charge is 0.382 e. The molecule has 0 saturated carbocycles. The summed E-state index contributed by atoms with van der Waals surface area (Å²) < 4.78 is 5.35. The smallest absolute Gasteiger partial charge is 0.0480 e. The Balaban J connectivity index is 2.24. The van der Waals surface area contributed by atoms with Crippen LogP contribution in [0.2, 0.25) is 0 Å². The van der Waals surface area contributed by atoms with Gasteiger partial charge >= 0.3 is 0 Å². The molecule has 1 heterocycles. The summed E-state index contributed by atoms with van der Waals surface area (Å²) in [4.78, 5) is 1.45. The van der Waals surface area contributed by atoms with E-state index in [1.54, 1.807) is 0 Å². The van der Waals surface area contributed by atoms with Gasteiger partial charge in [0.1, 0.15) is 0 Å². The van der Waals surface area contributed by atoms with Crippen LogP contribution in [0.4, 0.5) is 0 Å². The third-order valence-electron chi connectivity index (χ3n) is 2.25. The summed E-state index contributed by atoms with van der Waals surface area (Å²) in [5.74, 6) is 0. The van der Waals surface area contributed by atoms with E-state index in [-0.39, 0.29) is 0 Å². The molecule has 1 aromatic rings. The summed E-state index contributed by atoms with van der Waals surface area (Å²) in [5, 5.41) is 5.46. The van der Waals surface area contributed by atoms with Crippen LogP contribution in [0.5, 0.6) is 0 Å². The van der Waals surface area contributed by atoms with Gasteiger partial charge in [0, 0.05) is 24.1 Å². The molecule has 0 spiro atoms. The Morgan fingerprint density at radius 1 is 1.57 bits per heavy atom. The highest BCUT2D eigenvalue weighted by atomic mass is 32.1. The minimum absolute atomic E-state index is 0.542. The molecule has 1 atom stereocenters. The van der Waals surface area contributed by atoms with Gasteiger partial charge in [0.25, 0.3) is 0 Å². The maximum absolute atomic E-state index is 5.35. The third kappa shape index (κ3) is 4.22. The van der Waals surface area contributed by atoms with Crippen molar-refractivity contribution in [1.82, 2.24) is 5.32 Å². The zero-order valence-electron chi connectivity index (χ0n) is 8.95. The average molecular weight is 213 g/mol. The summed E-state index contributed by atoms with van der Waals surface area (Å²) in [5.41, 5.74) is 0. The van der Waals surface area contributed by atoms with Crippen LogP contribution >= 0.6 is 11.3 Å². The molecule has 0 bridgehead atoms. The maximum atomic E-state index is 5.35. The van der Waals surface area contributed by atoms with Gasteiger partial charge in [-0.3, -0.25) is 0 Å². The van der Waals surface area contributed by atoms with Crippen LogP contribution in [-0.4, -0.2) is 26.3 Å². The molecule has 14 heavy (non-hydrogen) atoms. The molecule has 1 unspecified atom stereocenters. The number of hydrogen-bond donors (Lipinski definition) is 1. The first-order valence-electron chi connectivity index (χ1n) is 5.14. The van der Waals surface area contributed by atoms with Gasteiger partial charge in [0.2, 0.25) is 0 Å². The monoisotopic (exact) mass is 213 g/mol. The lowest BCUT2D eigenvalue weighted by Gasteiger charge is -2.14. The van der Waals surface area contributed by atoms with Crippen LogP contribution in [0.15, 0.2) is 17.5 Å². The molecule has 0 aliphatic rings. The molecule has 2 nitrogen and oxygen atoms in total. The first-order chi connectivity index (χ1) is 6.86. The second-order valence-electron chi connectivity index (χ2n) is 3.25. The molecular weight excluding hydrogens is 194 g/mol. The fourth-order valence-electron chi connectivity index (χ4n) is 1.39. The molecule has 80 valence electrons. The topological polar surface area (TPSA) is 21.3 Å². The summed E-state index contributed by atoms with van der Waals surface area (Å²) in [7, 11) is 2.02. The second-order valence-corrected chi connectivity index (χ2v) is 4.29. The highest BCUT2D eigenvalue weighted by Gasteiger charge is 2.07. The zero-order valence-corrected chi connectivity index (χ0v) is 9.77. The Kier molecular flexibility index (Phi) is 5.83. The molecule has 0 radical (unpaired) electrons. The van der Waals surface area contributed by atoms with Gasteiger partial charge in [-0.15, -0.1) is 11.3 Å². The number of ether oxygens (including phenoxy) is 1. The molecular formula is C11H19NOS. The highest BCUT2D eigenvalue weighted by Crippen LogP contribution is 2.12. The standard InChI is InChI=1S/C11H19NOS/c1-3-13-7-6-10(12-2)9-11-5-4-8-14-11/h4-5,8,10,12H,3,6-7,9H2,1-2H3. The van der Waals surface area contributed by atoms with Gasteiger partial charge in [-0.05, 0) is 38.3 Å². The van der Waals surface area contributed by atoms with E-state index in [9.17, 15) is 0 Å². The first-order valence-corrected chi connectivity index (χ1v) is 6.02. The fraction of sp³-hybridized carbons (Fsp3) is 0.636. The number of rotatable bonds is 7. The number of hydrogen-bond acceptors (Lipinski definition) is 3. The predicted molar refractivity (Wildman–Crippen MR) is 62.0 cm³/mol. The highest BCUT2D eigenvalue weighted by molar-refractivity contribution is 7.09. The lowest BCUT2D eigenvalue weighted by Crippen LogP contribution is -2.28. The van der Waals surface area contributed by atoms with E-state index in [0.717, 1.165) is 26.1 Å². The number of likely N-dealkylation sites (N-methyl/N-ethyl adjacent to an activating group) is 1. The summed E-state index contributed by atoms with van der Waals surface area (Å²) in [6.07, 6.45) is 2.20. The predicted octanol–water partition coefficient (Wildman–Crippen LogP) is 2.31. The van der Waals surface area contributed by atoms with E-state index < -0.39 is 0 Å². The molecule has 0 aromatic carbocycles. The lowest BCUT2D eigenvalue weighted by atomic mass is 10.1. The fourth-order valence-corrected chi connectivity index (χ4v) is 2.18. The van der Waals surface area contributed by atoms with Gasteiger partial charge in [0.15, 0.2) is 0 Å². The normalized spacial score (nSPS) is 13.0. The Morgan fingerprint density at radius 2 is 2.43 bits per heavy atom. The summed E-state index contributed by atoms with van der Waals surface area (Å²) in [6.45, 7) is 3.70. The van der Waals surface area contributed by atoms with E-state index in [2.05, 4.69) is 22.8 Å². The quantitative estimate of drug-likeness (QED) is 0.702. The van der Waals surface area contributed by atoms with Gasteiger partial charge in [-0.25, -0.2) is 0 Å². The second kappa shape index (κ2) is 6.98. The van der Waals surface area contributed by atoms with E-state index in [0.29, 0.717) is 6.04 Å². The minimum Gasteiger partial charge on any atom is -0.382 e. The van der Waals surface area contributed by atoms with Gasteiger partial charge < -0.3 is 10.1 Å². The van der Waals surface area contributed by atoms with E-state index in [4.69, 9.17) is 4.74 Å². The van der Waals surface area contributed by atoms with Crippen molar-refractivity contribution in [3.63, 3.8) is 0 Å². The molecule has 0 aliphatic carbocycles. The van der Waals surface area contributed by atoms with E-state index in [1.165, 1.54) is 4.88 Å². The first kappa shape index (κ1) is 11.7. The molecule has 0 saturated heterocycles. The third-order valence-corrected chi connectivity index (χ3v) is 3.15. The van der Waals surface area contributed by atoms with Crippen LogP contribution in [0.1, 0.15) is 18.2 Å². The van der Waals surface area contributed by atoms with Crippen molar-refractivity contribution in [2.24, 2.45) is 0 Å². The minimum atomic E-state index is 0.542. The Hall–Kier alpha value is -0.380. The molecule has 3 heteroatoms. The maximum Gasteiger partial charge on any atom is 0.0480 e. The number of thiophene rings is 1. The van der Waals surface area contributed by atoms with Crippen molar-refractivity contribution in [2.45, 2.75) is 25.8 Å². The molecule has 1 aromatic heterocycles. The zero-order chi connectivity index (χ0) is 10.2. The Bertz CT molecular complexity index is 223. The van der Waals surface area contributed by atoms with Crippen molar-refractivity contribution in [2.75, 3.05) is 20.3 Å². The van der Waals surface area contributed by atoms with Crippen LogP contribution < -0.4 is 5.32 Å². The molecule has 0 amide bonds. The summed E-state index contributed by atoms with van der Waals surface area (Å²) in [6, 6.07) is 4.84. The van der Waals surface area contributed by atoms with Gasteiger partial charge in [0.05, 0.1) is 0 Å². The number of nitrogens with one attached hydrogen (secondary N) is 1. The van der Waals surface area contributed by atoms with E-state index in [1.807, 2.05) is 25.3 Å². The molecule has 1 rings (SSSR count). The lowest BCUT2D eigenvalue weighted by molar-refractivity contribution is 0.137. The molecule has 0 fully saturated rings. The average Bonchev–Trinajstić information content (AvgIpc) is 2.69. The van der Waals surface area contributed by atoms with Crippen molar-refractivity contribution in [1.29, 1.82) is 0 Å². The van der Waals surface area contributed by atoms with Crippen molar-refractivity contribution < 1.29 is 4.74 Å². The Labute approximate surface area is 90.3 Å². The Morgan fingerprint density at radius 3 is 3.00 bits per heavy atom. The van der Waals surface area contributed by atoms with Crippen LogP contribution in [0.3, 0.4) is 0 Å². The van der Waals surface area contributed by atoms with Crippen LogP contribution in [0, 0.1) is 0 Å². The molecule has 0 aliphatic heterocycles. The molecule has 1 N–H and O–H groups in total. The van der Waals surface area contributed by atoms with Crippen molar-refractivity contribution in [3.8, 4) is 0 Å². The van der Waals surface area contributed by atoms with Crippen LogP contribution in [-0.2, 0) is 11.2 Å².